The van der Waals surface area contributed by atoms with Crippen molar-refractivity contribution >= 4 is 29.2 Å². The third-order valence-electron chi connectivity index (χ3n) is 7.51. The van der Waals surface area contributed by atoms with Crippen LogP contribution in [0.1, 0.15) is 39.2 Å². The van der Waals surface area contributed by atoms with Crippen LogP contribution in [0.15, 0.2) is 79.1 Å². The van der Waals surface area contributed by atoms with E-state index in [0.717, 1.165) is 27.7 Å². The second kappa shape index (κ2) is 14.4. The van der Waals surface area contributed by atoms with Gasteiger partial charge in [-0.25, -0.2) is 19.4 Å². The van der Waals surface area contributed by atoms with Gasteiger partial charge in [-0.2, -0.15) is 0 Å². The van der Waals surface area contributed by atoms with Gasteiger partial charge in [-0.3, -0.25) is 4.90 Å². The van der Waals surface area contributed by atoms with Gasteiger partial charge in [0.25, 0.3) is 0 Å². The maximum atomic E-state index is 13.0. The number of nitrogens with zero attached hydrogens (tertiary/aromatic N) is 3. The van der Waals surface area contributed by atoms with E-state index < -0.39 is 35.9 Å². The van der Waals surface area contributed by atoms with Crippen LogP contribution in [-0.2, 0) is 32.2 Å². The molecule has 46 heavy (non-hydrogen) atoms. The van der Waals surface area contributed by atoms with Crippen molar-refractivity contribution in [3.8, 4) is 16.9 Å². The number of nitrogens with one attached hydrogen (secondary N) is 1. The molecule has 0 radical (unpaired) electrons. The molecule has 11 nitrogen and oxygen atoms in total. The first-order chi connectivity index (χ1) is 22.1. The number of carbonyl (C=O) groups is 3. The zero-order valence-electron chi connectivity index (χ0n) is 26.6. The van der Waals surface area contributed by atoms with Crippen LogP contribution in [-0.4, -0.2) is 70.6 Å². The van der Waals surface area contributed by atoms with E-state index in [1.807, 2.05) is 93.6 Å². The van der Waals surface area contributed by atoms with E-state index in [4.69, 9.17) is 18.9 Å². The number of aromatic nitrogens is 2. The number of hydrogen-bond donors (Lipinski definition) is 1. The second-order valence-corrected chi connectivity index (χ2v) is 12.1. The van der Waals surface area contributed by atoms with Gasteiger partial charge in [0.1, 0.15) is 30.1 Å². The quantitative estimate of drug-likeness (QED) is 0.130. The predicted octanol–water partition coefficient (Wildman–Crippen LogP) is 5.95. The first kappa shape index (κ1) is 32.3. The summed E-state index contributed by atoms with van der Waals surface area (Å²) in [6, 6.07) is 22.2. The number of alkyl carbamates (subject to hydrolysis) is 1. The van der Waals surface area contributed by atoms with Crippen LogP contribution in [0.2, 0.25) is 0 Å². The maximum absolute atomic E-state index is 13.0. The number of hydrogen-bond acceptors (Lipinski definition) is 8. The molecule has 3 aromatic carbocycles. The number of ether oxygens (including phenoxy) is 4. The van der Waals surface area contributed by atoms with Gasteiger partial charge in [-0.05, 0) is 56.5 Å². The van der Waals surface area contributed by atoms with Crippen molar-refractivity contribution in [3.05, 3.63) is 84.7 Å². The van der Waals surface area contributed by atoms with Crippen LogP contribution in [0.3, 0.4) is 0 Å². The molecule has 1 aromatic heterocycles. The van der Waals surface area contributed by atoms with E-state index in [1.165, 1.54) is 12.0 Å². The molecule has 4 aromatic rings. The summed E-state index contributed by atoms with van der Waals surface area (Å²) in [5.41, 5.74) is 4.03. The first-order valence-electron chi connectivity index (χ1n) is 15.3. The van der Waals surface area contributed by atoms with Gasteiger partial charge in [0.2, 0.25) is 0 Å². The number of para-hydroxylation sites is 1. The van der Waals surface area contributed by atoms with E-state index in [-0.39, 0.29) is 19.6 Å². The summed E-state index contributed by atoms with van der Waals surface area (Å²) in [7, 11) is 1.30. The fraction of sp³-hybridized carbons (Fsp3) is 0.371. The SMILES string of the molecule is COC(=O)[C@@H]1C[C@H](Oc2cccc(-c3cccc4ncn(CCCNC(=O)OC(C)(C)C)c34)c2)CN1C(=O)OCc1ccccc1. The van der Waals surface area contributed by atoms with Gasteiger partial charge < -0.3 is 28.8 Å². The fourth-order valence-corrected chi connectivity index (χ4v) is 5.46. The van der Waals surface area contributed by atoms with Crippen LogP contribution < -0.4 is 10.1 Å². The molecule has 0 spiro atoms. The average molecular weight is 629 g/mol. The van der Waals surface area contributed by atoms with Gasteiger partial charge in [0.15, 0.2) is 0 Å². The predicted molar refractivity (Wildman–Crippen MR) is 172 cm³/mol. The lowest BCUT2D eigenvalue weighted by molar-refractivity contribution is -0.145. The average Bonchev–Trinajstić information content (AvgIpc) is 3.66. The molecule has 5 rings (SSSR count). The number of methoxy groups -OCH3 is 1. The summed E-state index contributed by atoms with van der Waals surface area (Å²) in [5.74, 6) is 0.0907. The molecule has 2 amide bonds. The molecule has 0 bridgehead atoms. The summed E-state index contributed by atoms with van der Waals surface area (Å²) in [6.07, 6.45) is 1.29. The zero-order valence-corrected chi connectivity index (χ0v) is 26.6. The topological polar surface area (TPSA) is 121 Å². The number of likely N-dealkylation sites (tertiary alicyclic amines) is 1. The van der Waals surface area contributed by atoms with Crippen LogP contribution in [0, 0.1) is 0 Å². The zero-order chi connectivity index (χ0) is 32.7. The smallest absolute Gasteiger partial charge is 0.410 e. The Kier molecular flexibility index (Phi) is 10.1. The van der Waals surface area contributed by atoms with Gasteiger partial charge in [-0.15, -0.1) is 0 Å². The minimum absolute atomic E-state index is 0.0972. The summed E-state index contributed by atoms with van der Waals surface area (Å²) < 4.78 is 24.2. The van der Waals surface area contributed by atoms with Gasteiger partial charge >= 0.3 is 18.2 Å². The molecule has 1 N–H and O–H groups in total. The molecule has 1 aliphatic rings. The highest BCUT2D eigenvalue weighted by Crippen LogP contribution is 2.32. The van der Waals surface area contributed by atoms with E-state index in [1.54, 1.807) is 6.33 Å². The molecular formula is C35H40N4O7. The molecule has 1 saturated heterocycles. The minimum Gasteiger partial charge on any atom is -0.488 e. The van der Waals surface area contributed by atoms with E-state index in [0.29, 0.717) is 25.3 Å². The van der Waals surface area contributed by atoms with Gasteiger partial charge in [0, 0.05) is 25.1 Å². The highest BCUT2D eigenvalue weighted by Gasteiger charge is 2.42. The van der Waals surface area contributed by atoms with Crippen LogP contribution in [0.25, 0.3) is 22.2 Å². The van der Waals surface area contributed by atoms with E-state index >= 15 is 0 Å². The summed E-state index contributed by atoms with van der Waals surface area (Å²) in [5, 5.41) is 2.80. The van der Waals surface area contributed by atoms with Crippen LogP contribution in [0.4, 0.5) is 9.59 Å². The lowest BCUT2D eigenvalue weighted by Crippen LogP contribution is -2.41. The Labute approximate surface area is 268 Å². The third kappa shape index (κ3) is 8.15. The Bertz CT molecular complexity index is 1660. The van der Waals surface area contributed by atoms with Crippen molar-refractivity contribution in [2.75, 3.05) is 20.2 Å². The van der Waals surface area contributed by atoms with Crippen molar-refractivity contribution in [3.63, 3.8) is 0 Å². The van der Waals surface area contributed by atoms with Crippen molar-refractivity contribution < 1.29 is 33.3 Å². The lowest BCUT2D eigenvalue weighted by atomic mass is 10.0. The van der Waals surface area contributed by atoms with Crippen molar-refractivity contribution in [1.82, 2.24) is 19.8 Å². The molecule has 2 atom stereocenters. The second-order valence-electron chi connectivity index (χ2n) is 12.1. The van der Waals surface area contributed by atoms with Crippen molar-refractivity contribution in [2.24, 2.45) is 0 Å². The molecule has 11 heteroatoms. The molecule has 0 saturated carbocycles. The molecule has 1 aliphatic heterocycles. The van der Waals surface area contributed by atoms with E-state index in [9.17, 15) is 14.4 Å². The van der Waals surface area contributed by atoms with Crippen LogP contribution >= 0.6 is 0 Å². The number of rotatable bonds is 10. The molecule has 0 unspecified atom stereocenters. The molecular weight excluding hydrogens is 588 g/mol. The van der Waals surface area contributed by atoms with E-state index in [2.05, 4.69) is 14.9 Å². The fourth-order valence-electron chi connectivity index (χ4n) is 5.46. The maximum Gasteiger partial charge on any atom is 0.410 e. The van der Waals surface area contributed by atoms with Gasteiger partial charge in [-0.1, -0.05) is 54.6 Å². The van der Waals surface area contributed by atoms with Gasteiger partial charge in [0.05, 0.1) is 31.0 Å². The molecule has 1 fully saturated rings. The lowest BCUT2D eigenvalue weighted by Gasteiger charge is -2.21. The Morgan fingerprint density at radius 1 is 1.00 bits per heavy atom. The number of esters is 1. The number of benzene rings is 3. The Morgan fingerprint density at radius 2 is 1.78 bits per heavy atom. The monoisotopic (exact) mass is 628 g/mol. The largest absolute Gasteiger partial charge is 0.488 e. The minimum atomic E-state index is -0.811. The van der Waals surface area contributed by atoms with Crippen LogP contribution in [0.5, 0.6) is 5.75 Å². The third-order valence-corrected chi connectivity index (χ3v) is 7.51. The summed E-state index contributed by atoms with van der Waals surface area (Å²) in [4.78, 5) is 43.6. The highest BCUT2D eigenvalue weighted by atomic mass is 16.6. The first-order valence-corrected chi connectivity index (χ1v) is 15.3. The number of imidazole rings is 1. The Morgan fingerprint density at radius 3 is 2.54 bits per heavy atom. The number of aryl methyl sites for hydroxylation is 1. The molecule has 2 heterocycles. The normalized spacial score (nSPS) is 16.2. The number of carbonyl (C=O) groups excluding carboxylic acids is 3. The van der Waals surface area contributed by atoms with Crippen molar-refractivity contribution in [2.45, 2.75) is 64.5 Å². The Hall–Kier alpha value is -5.06. The highest BCUT2D eigenvalue weighted by molar-refractivity contribution is 5.92. The standard InChI is InChI=1S/C35H40N4O7/c1-35(2,3)46-33(41)36-17-10-18-38-23-37-29-16-9-15-28(31(29)38)25-13-8-14-26(19-25)45-27-20-30(32(40)43-4)39(21-27)34(42)44-22-24-11-6-5-7-12-24/h5-9,11-16,19,23,27,30H,10,17-18,20-22H2,1-4H3,(H,36,41)/t27-,30-/m0/s1. The molecule has 242 valence electrons. The number of amides is 2. The molecule has 0 aliphatic carbocycles. The summed E-state index contributed by atoms with van der Waals surface area (Å²) >= 11 is 0. The Balaban J connectivity index is 1.26. The number of fused-ring (bicyclic) bond motifs is 1. The van der Waals surface area contributed by atoms with Crippen molar-refractivity contribution in [1.29, 1.82) is 0 Å². The summed E-state index contributed by atoms with van der Waals surface area (Å²) in [6.45, 7) is 6.88.